The van der Waals surface area contributed by atoms with Crippen LogP contribution in [-0.2, 0) is 4.74 Å². The molecule has 2 saturated heterocycles. The van der Waals surface area contributed by atoms with Crippen LogP contribution in [0, 0.1) is 0 Å². The average Bonchev–Trinajstić information content (AvgIpc) is 2.75. The fourth-order valence-electron chi connectivity index (χ4n) is 2.97. The molecule has 2 aliphatic heterocycles. The molecule has 3 nitrogen and oxygen atoms in total. The van der Waals surface area contributed by atoms with E-state index in [1.807, 2.05) is 0 Å². The molecule has 2 aliphatic rings. The molecule has 0 aliphatic carbocycles. The first-order valence-electron chi connectivity index (χ1n) is 7.22. The van der Waals surface area contributed by atoms with Gasteiger partial charge in [0, 0.05) is 24.4 Å². The van der Waals surface area contributed by atoms with Gasteiger partial charge in [-0.25, -0.2) is 0 Å². The second-order valence-electron chi connectivity index (χ2n) is 6.18. The predicted molar refractivity (Wildman–Crippen MR) is 79.4 cm³/mol. The standard InChI is InChI=1S/C14H28N2OS/c1-12(4-7-16(2)3)15-13-5-8-17-14(10-13)6-9-18-11-14/h12-13,15H,4-11H2,1-3H3. The third kappa shape index (κ3) is 4.12. The fourth-order valence-corrected chi connectivity index (χ4v) is 4.35. The number of nitrogens with one attached hydrogen (secondary N) is 1. The molecule has 2 fully saturated rings. The third-order valence-electron chi connectivity index (χ3n) is 4.09. The summed E-state index contributed by atoms with van der Waals surface area (Å²) in [7, 11) is 4.29. The lowest BCUT2D eigenvalue weighted by Gasteiger charge is -2.39. The number of thioether (sulfide) groups is 1. The van der Waals surface area contributed by atoms with Gasteiger partial charge in [0.05, 0.1) is 5.60 Å². The Hall–Kier alpha value is 0.230. The van der Waals surface area contributed by atoms with Crippen LogP contribution in [-0.4, -0.2) is 61.3 Å². The molecule has 2 rings (SSSR count). The Morgan fingerprint density at radius 2 is 2.33 bits per heavy atom. The highest BCUT2D eigenvalue weighted by Gasteiger charge is 2.40. The lowest BCUT2D eigenvalue weighted by molar-refractivity contribution is -0.0712. The summed E-state index contributed by atoms with van der Waals surface area (Å²) in [6.07, 6.45) is 4.87. The van der Waals surface area contributed by atoms with Crippen LogP contribution in [0.25, 0.3) is 0 Å². The number of rotatable bonds is 5. The Kier molecular flexibility index (Phi) is 5.36. The summed E-state index contributed by atoms with van der Waals surface area (Å²) in [5, 5.41) is 3.81. The van der Waals surface area contributed by atoms with Crippen LogP contribution >= 0.6 is 11.8 Å². The SMILES string of the molecule is CC(CCN(C)C)NC1CCOC2(CCSC2)C1. The van der Waals surface area contributed by atoms with Crippen molar-refractivity contribution in [3.8, 4) is 0 Å². The molecule has 0 radical (unpaired) electrons. The predicted octanol–water partition coefficient (Wildman–Crippen LogP) is 1.97. The van der Waals surface area contributed by atoms with E-state index in [4.69, 9.17) is 4.74 Å². The van der Waals surface area contributed by atoms with Gasteiger partial charge in [0.2, 0.25) is 0 Å². The molecule has 4 heteroatoms. The van der Waals surface area contributed by atoms with Crippen molar-refractivity contribution >= 4 is 11.8 Å². The molecule has 0 aromatic carbocycles. The van der Waals surface area contributed by atoms with E-state index < -0.39 is 0 Å². The molecule has 0 saturated carbocycles. The molecule has 2 heterocycles. The van der Waals surface area contributed by atoms with Crippen molar-refractivity contribution in [2.75, 3.05) is 38.8 Å². The first-order valence-corrected chi connectivity index (χ1v) is 8.38. The number of nitrogens with zero attached hydrogens (tertiary/aromatic N) is 1. The third-order valence-corrected chi connectivity index (χ3v) is 5.31. The number of hydrogen-bond acceptors (Lipinski definition) is 4. The molecule has 0 aromatic rings. The summed E-state index contributed by atoms with van der Waals surface area (Å²) < 4.78 is 6.07. The van der Waals surface area contributed by atoms with E-state index in [1.54, 1.807) is 0 Å². The molecule has 0 aromatic heterocycles. The van der Waals surface area contributed by atoms with Crippen molar-refractivity contribution in [2.45, 2.75) is 50.3 Å². The normalized spacial score (nSPS) is 34.3. The van der Waals surface area contributed by atoms with E-state index in [1.165, 1.54) is 43.7 Å². The Morgan fingerprint density at radius 3 is 3.00 bits per heavy atom. The zero-order valence-electron chi connectivity index (χ0n) is 12.1. The van der Waals surface area contributed by atoms with Gasteiger partial charge in [-0.15, -0.1) is 0 Å². The van der Waals surface area contributed by atoms with Gasteiger partial charge >= 0.3 is 0 Å². The first-order chi connectivity index (χ1) is 8.60. The van der Waals surface area contributed by atoms with Crippen molar-refractivity contribution in [2.24, 2.45) is 0 Å². The maximum absolute atomic E-state index is 6.07. The topological polar surface area (TPSA) is 24.5 Å². The van der Waals surface area contributed by atoms with Crippen LogP contribution in [0.3, 0.4) is 0 Å². The van der Waals surface area contributed by atoms with Crippen molar-refractivity contribution < 1.29 is 4.74 Å². The number of ether oxygens (including phenoxy) is 1. The molecule has 1 N–H and O–H groups in total. The number of hydrogen-bond donors (Lipinski definition) is 1. The summed E-state index contributed by atoms with van der Waals surface area (Å²) >= 11 is 2.06. The van der Waals surface area contributed by atoms with Gasteiger partial charge in [-0.3, -0.25) is 0 Å². The van der Waals surface area contributed by atoms with E-state index >= 15 is 0 Å². The molecule has 3 unspecified atom stereocenters. The fraction of sp³-hybridized carbons (Fsp3) is 1.00. The van der Waals surface area contributed by atoms with E-state index in [-0.39, 0.29) is 5.60 Å². The summed E-state index contributed by atoms with van der Waals surface area (Å²) in [6.45, 7) is 4.42. The van der Waals surface area contributed by atoms with Crippen LogP contribution in [0.4, 0.5) is 0 Å². The Morgan fingerprint density at radius 1 is 1.50 bits per heavy atom. The summed E-state index contributed by atoms with van der Waals surface area (Å²) in [5.74, 6) is 2.49. The van der Waals surface area contributed by atoms with Crippen molar-refractivity contribution in [1.82, 2.24) is 10.2 Å². The van der Waals surface area contributed by atoms with Crippen LogP contribution in [0.5, 0.6) is 0 Å². The molecule has 18 heavy (non-hydrogen) atoms. The Labute approximate surface area is 116 Å². The van der Waals surface area contributed by atoms with Crippen LogP contribution in [0.15, 0.2) is 0 Å². The van der Waals surface area contributed by atoms with Crippen molar-refractivity contribution in [1.29, 1.82) is 0 Å². The highest BCUT2D eigenvalue weighted by atomic mass is 32.2. The lowest BCUT2D eigenvalue weighted by Crippen LogP contribution is -2.49. The van der Waals surface area contributed by atoms with Gasteiger partial charge in [0.25, 0.3) is 0 Å². The van der Waals surface area contributed by atoms with Gasteiger partial charge in [0.15, 0.2) is 0 Å². The van der Waals surface area contributed by atoms with E-state index in [2.05, 4.69) is 43.0 Å². The second-order valence-corrected chi connectivity index (χ2v) is 7.29. The van der Waals surface area contributed by atoms with Gasteiger partial charge in [0.1, 0.15) is 0 Å². The quantitative estimate of drug-likeness (QED) is 0.827. The smallest absolute Gasteiger partial charge is 0.0795 e. The monoisotopic (exact) mass is 272 g/mol. The van der Waals surface area contributed by atoms with Crippen LogP contribution < -0.4 is 5.32 Å². The summed E-state index contributed by atoms with van der Waals surface area (Å²) in [4.78, 5) is 2.26. The van der Waals surface area contributed by atoms with Crippen molar-refractivity contribution in [3.05, 3.63) is 0 Å². The zero-order chi connectivity index (χ0) is 13.0. The minimum atomic E-state index is 0.210. The largest absolute Gasteiger partial charge is 0.374 e. The van der Waals surface area contributed by atoms with E-state index in [0.717, 1.165) is 6.61 Å². The average molecular weight is 272 g/mol. The molecule has 0 bridgehead atoms. The maximum atomic E-state index is 6.07. The van der Waals surface area contributed by atoms with E-state index in [9.17, 15) is 0 Å². The minimum Gasteiger partial charge on any atom is -0.374 e. The Bertz CT molecular complexity index is 254. The molecule has 1 spiro atoms. The van der Waals surface area contributed by atoms with Crippen LogP contribution in [0.1, 0.15) is 32.6 Å². The van der Waals surface area contributed by atoms with Gasteiger partial charge in [-0.2, -0.15) is 11.8 Å². The van der Waals surface area contributed by atoms with Gasteiger partial charge in [-0.05, 0) is 59.0 Å². The molecule has 106 valence electrons. The highest BCUT2D eigenvalue weighted by molar-refractivity contribution is 7.99. The van der Waals surface area contributed by atoms with Gasteiger partial charge < -0.3 is 15.0 Å². The first kappa shape index (κ1) is 14.6. The molecule has 3 atom stereocenters. The van der Waals surface area contributed by atoms with Crippen molar-refractivity contribution in [3.63, 3.8) is 0 Å². The van der Waals surface area contributed by atoms with E-state index in [0.29, 0.717) is 12.1 Å². The summed E-state index contributed by atoms with van der Waals surface area (Å²) in [6, 6.07) is 1.27. The second kappa shape index (κ2) is 6.60. The molecule has 0 amide bonds. The lowest BCUT2D eigenvalue weighted by atomic mass is 9.89. The highest BCUT2D eigenvalue weighted by Crippen LogP contribution is 2.38. The summed E-state index contributed by atoms with van der Waals surface area (Å²) in [5.41, 5.74) is 0.210. The zero-order valence-corrected chi connectivity index (χ0v) is 12.9. The minimum absolute atomic E-state index is 0.210. The Balaban J connectivity index is 1.75. The molecular weight excluding hydrogens is 244 g/mol. The maximum Gasteiger partial charge on any atom is 0.0795 e. The van der Waals surface area contributed by atoms with Crippen LogP contribution in [0.2, 0.25) is 0 Å². The molecular formula is C14H28N2OS. The van der Waals surface area contributed by atoms with Gasteiger partial charge in [-0.1, -0.05) is 0 Å².